The molecule has 1 atom stereocenters. The van der Waals surface area contributed by atoms with Crippen LogP contribution in [0.1, 0.15) is 62.4 Å². The molecule has 1 unspecified atom stereocenters. The van der Waals surface area contributed by atoms with Gasteiger partial charge in [0, 0.05) is 36.2 Å². The van der Waals surface area contributed by atoms with Gasteiger partial charge in [0.15, 0.2) is 11.5 Å². The van der Waals surface area contributed by atoms with Gasteiger partial charge in [-0.1, -0.05) is 25.9 Å². The Morgan fingerprint density at radius 1 is 1.25 bits per heavy atom. The molecule has 1 aliphatic rings. The van der Waals surface area contributed by atoms with E-state index in [1.54, 1.807) is 0 Å². The van der Waals surface area contributed by atoms with Crippen LogP contribution in [0.3, 0.4) is 0 Å². The van der Waals surface area contributed by atoms with Gasteiger partial charge in [-0.3, -0.25) is 10.00 Å². The molecule has 3 rings (SSSR count). The van der Waals surface area contributed by atoms with Crippen LogP contribution in [-0.4, -0.2) is 31.8 Å². The Morgan fingerprint density at radius 2 is 1.96 bits per heavy atom. The van der Waals surface area contributed by atoms with Crippen LogP contribution in [0, 0.1) is 0 Å². The molecule has 0 amide bonds. The lowest BCUT2D eigenvalue weighted by Crippen LogP contribution is -2.33. The van der Waals surface area contributed by atoms with E-state index in [4.69, 9.17) is 4.52 Å². The largest absolute Gasteiger partial charge is 0.435 e. The van der Waals surface area contributed by atoms with Crippen LogP contribution >= 0.6 is 0 Å². The third-order valence-corrected chi connectivity index (χ3v) is 4.25. The van der Waals surface area contributed by atoms with Crippen molar-refractivity contribution >= 4 is 0 Å². The summed E-state index contributed by atoms with van der Waals surface area (Å²) in [5.74, 6) is 1.00. The highest BCUT2D eigenvalue weighted by molar-refractivity contribution is 5.29. The first-order chi connectivity index (χ1) is 11.1. The minimum absolute atomic E-state index is 0.148. The molecular formula is C15H20F3N5O. The average Bonchev–Trinajstić information content (AvgIpc) is 3.11. The van der Waals surface area contributed by atoms with E-state index in [-0.39, 0.29) is 23.6 Å². The molecule has 2 aromatic rings. The van der Waals surface area contributed by atoms with Crippen LogP contribution in [0.5, 0.6) is 0 Å². The second kappa shape index (κ2) is 5.58. The third kappa shape index (κ3) is 3.04. The van der Waals surface area contributed by atoms with Gasteiger partial charge >= 0.3 is 6.18 Å². The second-order valence-electron chi connectivity index (χ2n) is 7.13. The lowest BCUT2D eigenvalue weighted by atomic mass is 9.96. The van der Waals surface area contributed by atoms with Crippen molar-refractivity contribution in [2.45, 2.75) is 58.3 Å². The fourth-order valence-electron chi connectivity index (χ4n) is 2.75. The molecule has 24 heavy (non-hydrogen) atoms. The topological polar surface area (TPSA) is 70.8 Å². The normalized spacial score (nSPS) is 17.8. The number of halogens is 3. The number of hydrogen-bond donors (Lipinski definition) is 1. The molecule has 0 aliphatic carbocycles. The fourth-order valence-corrected chi connectivity index (χ4v) is 2.75. The molecule has 0 aromatic carbocycles. The molecule has 0 bridgehead atoms. The van der Waals surface area contributed by atoms with Crippen molar-refractivity contribution in [2.24, 2.45) is 0 Å². The molecule has 1 aliphatic heterocycles. The van der Waals surface area contributed by atoms with E-state index in [0.29, 0.717) is 30.4 Å². The van der Waals surface area contributed by atoms with Crippen molar-refractivity contribution in [1.29, 1.82) is 0 Å². The van der Waals surface area contributed by atoms with Crippen LogP contribution in [0.15, 0.2) is 4.52 Å². The maximum atomic E-state index is 13.1. The summed E-state index contributed by atoms with van der Waals surface area (Å²) in [6, 6.07) is -0.266. The second-order valence-corrected chi connectivity index (χ2v) is 7.13. The quantitative estimate of drug-likeness (QED) is 0.906. The number of aromatic nitrogens is 4. The van der Waals surface area contributed by atoms with Gasteiger partial charge < -0.3 is 4.52 Å². The maximum absolute atomic E-state index is 13.1. The monoisotopic (exact) mass is 343 g/mol. The first-order valence-electron chi connectivity index (χ1n) is 7.79. The Hall–Kier alpha value is -1.90. The predicted octanol–water partition coefficient (Wildman–Crippen LogP) is 3.23. The van der Waals surface area contributed by atoms with Crippen molar-refractivity contribution < 1.29 is 17.7 Å². The van der Waals surface area contributed by atoms with Crippen molar-refractivity contribution in [2.75, 3.05) is 6.54 Å². The van der Waals surface area contributed by atoms with Gasteiger partial charge in [0.05, 0.1) is 6.04 Å². The zero-order valence-corrected chi connectivity index (χ0v) is 14.0. The predicted molar refractivity (Wildman–Crippen MR) is 79.1 cm³/mol. The lowest BCUT2D eigenvalue weighted by Gasteiger charge is -2.30. The molecule has 1 N–H and O–H groups in total. The lowest BCUT2D eigenvalue weighted by molar-refractivity contribution is -0.142. The van der Waals surface area contributed by atoms with Crippen LogP contribution in [-0.2, 0) is 24.6 Å². The van der Waals surface area contributed by atoms with Crippen LogP contribution < -0.4 is 0 Å². The van der Waals surface area contributed by atoms with Crippen LogP contribution in [0.25, 0.3) is 0 Å². The van der Waals surface area contributed by atoms with Gasteiger partial charge in [-0.05, 0) is 6.92 Å². The Balaban J connectivity index is 1.82. The molecule has 2 aromatic heterocycles. The first kappa shape index (κ1) is 16.9. The van der Waals surface area contributed by atoms with Gasteiger partial charge in [0.25, 0.3) is 0 Å². The Bertz CT molecular complexity index is 728. The molecule has 132 valence electrons. The number of fused-ring (bicyclic) bond motifs is 1. The summed E-state index contributed by atoms with van der Waals surface area (Å²) in [5.41, 5.74) is -0.331. The molecule has 3 heterocycles. The summed E-state index contributed by atoms with van der Waals surface area (Å²) in [5, 5.41) is 9.94. The van der Waals surface area contributed by atoms with Gasteiger partial charge in [-0.15, -0.1) is 0 Å². The van der Waals surface area contributed by atoms with E-state index in [1.165, 1.54) is 0 Å². The van der Waals surface area contributed by atoms with Crippen LogP contribution in [0.4, 0.5) is 13.2 Å². The van der Waals surface area contributed by atoms with E-state index in [1.807, 2.05) is 32.6 Å². The molecule has 9 heteroatoms. The Kier molecular flexibility index (Phi) is 3.94. The molecule has 0 fully saturated rings. The zero-order chi connectivity index (χ0) is 17.7. The summed E-state index contributed by atoms with van der Waals surface area (Å²) >= 11 is 0. The molecule has 0 radical (unpaired) electrons. The van der Waals surface area contributed by atoms with E-state index in [9.17, 15) is 13.2 Å². The SMILES string of the molecule is CC(c1nc(C(C)(C)C)no1)N1CCc2[nH]nc(C(F)(F)F)c2C1. The van der Waals surface area contributed by atoms with Gasteiger partial charge in [-0.2, -0.15) is 23.3 Å². The first-order valence-corrected chi connectivity index (χ1v) is 7.79. The van der Waals surface area contributed by atoms with Gasteiger partial charge in [0.1, 0.15) is 0 Å². The molecule has 0 saturated heterocycles. The fraction of sp³-hybridized carbons (Fsp3) is 0.667. The highest BCUT2D eigenvalue weighted by Gasteiger charge is 2.40. The van der Waals surface area contributed by atoms with Gasteiger partial charge in [-0.25, -0.2) is 0 Å². The summed E-state index contributed by atoms with van der Waals surface area (Å²) in [6.45, 7) is 8.52. The Labute approximate surface area is 137 Å². The van der Waals surface area contributed by atoms with E-state index < -0.39 is 11.9 Å². The summed E-state index contributed by atoms with van der Waals surface area (Å²) < 4.78 is 44.5. The van der Waals surface area contributed by atoms with E-state index in [2.05, 4.69) is 20.3 Å². The van der Waals surface area contributed by atoms with E-state index >= 15 is 0 Å². The smallest absolute Gasteiger partial charge is 0.338 e. The standard InChI is InChI=1S/C15H20F3N5O/c1-8(12-19-13(22-24-12)14(2,3)4)23-6-5-10-9(7-23)11(21-20-10)15(16,17)18/h8H,5-7H2,1-4H3,(H,20,21). The maximum Gasteiger partial charge on any atom is 0.435 e. The summed E-state index contributed by atoms with van der Waals surface area (Å²) in [7, 11) is 0. The van der Waals surface area contributed by atoms with E-state index in [0.717, 1.165) is 0 Å². The number of nitrogens with zero attached hydrogens (tertiary/aromatic N) is 4. The molecule has 0 spiro atoms. The number of nitrogens with one attached hydrogen (secondary N) is 1. The Morgan fingerprint density at radius 3 is 2.54 bits per heavy atom. The van der Waals surface area contributed by atoms with Crippen molar-refractivity contribution in [1.82, 2.24) is 25.2 Å². The minimum Gasteiger partial charge on any atom is -0.338 e. The van der Waals surface area contributed by atoms with Crippen LogP contribution in [0.2, 0.25) is 0 Å². The third-order valence-electron chi connectivity index (χ3n) is 4.25. The highest BCUT2D eigenvalue weighted by atomic mass is 19.4. The highest BCUT2D eigenvalue weighted by Crippen LogP contribution is 2.35. The summed E-state index contributed by atoms with van der Waals surface area (Å²) in [4.78, 5) is 6.30. The zero-order valence-electron chi connectivity index (χ0n) is 14.0. The number of H-pyrrole nitrogens is 1. The van der Waals surface area contributed by atoms with Crippen molar-refractivity contribution in [3.63, 3.8) is 0 Å². The average molecular weight is 343 g/mol. The molecule has 0 saturated carbocycles. The van der Waals surface area contributed by atoms with Crippen molar-refractivity contribution in [3.8, 4) is 0 Å². The molecular weight excluding hydrogens is 323 g/mol. The number of aromatic amines is 1. The molecule has 6 nitrogen and oxygen atoms in total. The number of rotatable bonds is 2. The number of alkyl halides is 3. The minimum atomic E-state index is -4.46. The van der Waals surface area contributed by atoms with Crippen molar-refractivity contribution in [3.05, 3.63) is 28.7 Å². The number of hydrogen-bond acceptors (Lipinski definition) is 5. The van der Waals surface area contributed by atoms with Gasteiger partial charge in [0.2, 0.25) is 5.89 Å². The summed E-state index contributed by atoms with van der Waals surface area (Å²) in [6.07, 6.45) is -3.98.